The Bertz CT molecular complexity index is 649. The molecular weight excluding hydrogens is 260 g/mol. The SMILES string of the molecule is COc1ccccc1-c1ccccc1CNC1=NCCC1. The summed E-state index contributed by atoms with van der Waals surface area (Å²) in [4.78, 5) is 4.47. The molecule has 0 bridgehead atoms. The zero-order valence-electron chi connectivity index (χ0n) is 12.3. The van der Waals surface area contributed by atoms with Crippen molar-refractivity contribution in [1.29, 1.82) is 0 Å². The van der Waals surface area contributed by atoms with Gasteiger partial charge in [-0.2, -0.15) is 0 Å². The van der Waals surface area contributed by atoms with Crippen molar-refractivity contribution in [3.63, 3.8) is 0 Å². The van der Waals surface area contributed by atoms with Gasteiger partial charge in [0.25, 0.3) is 0 Å². The van der Waals surface area contributed by atoms with Gasteiger partial charge in [-0.25, -0.2) is 0 Å². The Kier molecular flexibility index (Phi) is 4.20. The van der Waals surface area contributed by atoms with Crippen LogP contribution in [-0.4, -0.2) is 19.5 Å². The van der Waals surface area contributed by atoms with Gasteiger partial charge in [-0.3, -0.25) is 4.99 Å². The van der Waals surface area contributed by atoms with E-state index in [2.05, 4.69) is 40.6 Å². The first-order valence-electron chi connectivity index (χ1n) is 7.37. The van der Waals surface area contributed by atoms with Crippen molar-refractivity contribution >= 4 is 5.84 Å². The third-order valence-electron chi connectivity index (χ3n) is 3.77. The van der Waals surface area contributed by atoms with E-state index in [0.29, 0.717) is 0 Å². The van der Waals surface area contributed by atoms with Crippen molar-refractivity contribution in [2.45, 2.75) is 19.4 Å². The van der Waals surface area contributed by atoms with E-state index >= 15 is 0 Å². The minimum atomic E-state index is 0.799. The van der Waals surface area contributed by atoms with E-state index in [1.807, 2.05) is 18.2 Å². The third kappa shape index (κ3) is 3.07. The Labute approximate surface area is 125 Å². The van der Waals surface area contributed by atoms with Gasteiger partial charge in [-0.1, -0.05) is 42.5 Å². The fraction of sp³-hybridized carbons (Fsp3) is 0.278. The number of rotatable bonds is 4. The molecule has 0 saturated heterocycles. The second-order valence-electron chi connectivity index (χ2n) is 5.14. The Balaban J connectivity index is 1.88. The lowest BCUT2D eigenvalue weighted by Crippen LogP contribution is -2.21. The summed E-state index contributed by atoms with van der Waals surface area (Å²) in [6, 6.07) is 16.6. The summed E-state index contributed by atoms with van der Waals surface area (Å²) < 4.78 is 5.49. The van der Waals surface area contributed by atoms with Crippen LogP contribution < -0.4 is 10.1 Å². The molecule has 1 N–H and O–H groups in total. The lowest BCUT2D eigenvalue weighted by atomic mass is 9.99. The van der Waals surface area contributed by atoms with E-state index in [1.54, 1.807) is 7.11 Å². The van der Waals surface area contributed by atoms with Crippen molar-refractivity contribution < 1.29 is 4.74 Å². The van der Waals surface area contributed by atoms with Crippen molar-refractivity contribution in [1.82, 2.24) is 5.32 Å². The maximum atomic E-state index is 5.49. The maximum Gasteiger partial charge on any atom is 0.126 e. The van der Waals surface area contributed by atoms with Crippen molar-refractivity contribution in [3.8, 4) is 16.9 Å². The van der Waals surface area contributed by atoms with Gasteiger partial charge in [0.05, 0.1) is 12.9 Å². The average Bonchev–Trinajstić information content (AvgIpc) is 3.06. The summed E-state index contributed by atoms with van der Waals surface area (Å²) in [5.41, 5.74) is 3.60. The van der Waals surface area contributed by atoms with E-state index < -0.39 is 0 Å². The number of hydrogen-bond acceptors (Lipinski definition) is 3. The zero-order chi connectivity index (χ0) is 14.5. The lowest BCUT2D eigenvalue weighted by Gasteiger charge is -2.14. The largest absolute Gasteiger partial charge is 0.496 e. The Morgan fingerprint density at radius 2 is 1.81 bits per heavy atom. The highest BCUT2D eigenvalue weighted by Crippen LogP contribution is 2.32. The van der Waals surface area contributed by atoms with Crippen LogP contribution in [0.5, 0.6) is 5.75 Å². The van der Waals surface area contributed by atoms with Crippen LogP contribution in [0.1, 0.15) is 18.4 Å². The summed E-state index contributed by atoms with van der Waals surface area (Å²) in [6.07, 6.45) is 2.23. The first kappa shape index (κ1) is 13.7. The standard InChI is InChI=1S/C18H20N2O/c1-21-17-10-5-4-9-16(17)15-8-3-2-7-14(15)13-20-18-11-6-12-19-18/h2-5,7-10H,6,11-13H2,1H3,(H,19,20). The Hall–Kier alpha value is -2.29. The molecule has 3 rings (SSSR count). The Morgan fingerprint density at radius 1 is 1.05 bits per heavy atom. The molecule has 3 heteroatoms. The highest BCUT2D eigenvalue weighted by molar-refractivity contribution is 5.84. The van der Waals surface area contributed by atoms with E-state index in [0.717, 1.165) is 43.1 Å². The molecule has 1 heterocycles. The quantitative estimate of drug-likeness (QED) is 0.927. The number of aliphatic imine (C=N–C) groups is 1. The van der Waals surface area contributed by atoms with Gasteiger partial charge >= 0.3 is 0 Å². The molecule has 0 fully saturated rings. The number of nitrogens with one attached hydrogen (secondary N) is 1. The first-order chi connectivity index (χ1) is 10.4. The summed E-state index contributed by atoms with van der Waals surface area (Å²) in [5, 5.41) is 3.45. The molecule has 0 atom stereocenters. The lowest BCUT2D eigenvalue weighted by molar-refractivity contribution is 0.416. The number of nitrogens with zero attached hydrogens (tertiary/aromatic N) is 1. The molecule has 21 heavy (non-hydrogen) atoms. The zero-order valence-corrected chi connectivity index (χ0v) is 12.3. The van der Waals surface area contributed by atoms with Crippen LogP contribution in [0.4, 0.5) is 0 Å². The third-order valence-corrected chi connectivity index (χ3v) is 3.77. The van der Waals surface area contributed by atoms with Gasteiger partial charge in [0.2, 0.25) is 0 Å². The average molecular weight is 280 g/mol. The second-order valence-corrected chi connectivity index (χ2v) is 5.14. The smallest absolute Gasteiger partial charge is 0.126 e. The number of benzene rings is 2. The molecule has 3 nitrogen and oxygen atoms in total. The monoisotopic (exact) mass is 280 g/mol. The molecule has 1 aliphatic rings. The van der Waals surface area contributed by atoms with Crippen LogP contribution in [-0.2, 0) is 6.54 Å². The molecule has 2 aromatic carbocycles. The predicted molar refractivity (Wildman–Crippen MR) is 86.8 cm³/mol. The first-order valence-corrected chi connectivity index (χ1v) is 7.37. The molecule has 0 aliphatic carbocycles. The number of hydrogen-bond donors (Lipinski definition) is 1. The molecule has 0 unspecified atom stereocenters. The summed E-state index contributed by atoms with van der Waals surface area (Å²) in [7, 11) is 1.72. The van der Waals surface area contributed by atoms with Gasteiger partial charge in [0, 0.05) is 25.1 Å². The molecule has 0 saturated carbocycles. The highest BCUT2D eigenvalue weighted by Gasteiger charge is 2.11. The molecule has 0 radical (unpaired) electrons. The van der Waals surface area contributed by atoms with Gasteiger partial charge in [0.15, 0.2) is 0 Å². The summed E-state index contributed by atoms with van der Waals surface area (Å²) in [6.45, 7) is 1.75. The van der Waals surface area contributed by atoms with Crippen LogP contribution in [0.3, 0.4) is 0 Å². The van der Waals surface area contributed by atoms with Crippen molar-refractivity contribution in [2.75, 3.05) is 13.7 Å². The molecule has 0 aromatic heterocycles. The van der Waals surface area contributed by atoms with Crippen LogP contribution >= 0.6 is 0 Å². The van der Waals surface area contributed by atoms with Crippen LogP contribution in [0.15, 0.2) is 53.5 Å². The van der Waals surface area contributed by atoms with Crippen LogP contribution in [0.25, 0.3) is 11.1 Å². The molecule has 2 aromatic rings. The number of para-hydroxylation sites is 1. The fourth-order valence-corrected chi connectivity index (χ4v) is 2.69. The minimum absolute atomic E-state index is 0.799. The normalized spacial score (nSPS) is 13.9. The summed E-state index contributed by atoms with van der Waals surface area (Å²) in [5.74, 6) is 2.04. The topological polar surface area (TPSA) is 33.6 Å². The van der Waals surface area contributed by atoms with Gasteiger partial charge in [-0.15, -0.1) is 0 Å². The number of ether oxygens (including phenoxy) is 1. The summed E-state index contributed by atoms with van der Waals surface area (Å²) >= 11 is 0. The van der Waals surface area contributed by atoms with E-state index in [4.69, 9.17) is 4.74 Å². The Morgan fingerprint density at radius 3 is 2.57 bits per heavy atom. The number of methoxy groups -OCH3 is 1. The van der Waals surface area contributed by atoms with Gasteiger partial charge in [-0.05, 0) is 23.6 Å². The van der Waals surface area contributed by atoms with Crippen molar-refractivity contribution in [2.24, 2.45) is 4.99 Å². The van der Waals surface area contributed by atoms with Gasteiger partial charge < -0.3 is 10.1 Å². The highest BCUT2D eigenvalue weighted by atomic mass is 16.5. The fourth-order valence-electron chi connectivity index (χ4n) is 2.69. The van der Waals surface area contributed by atoms with E-state index in [-0.39, 0.29) is 0 Å². The van der Waals surface area contributed by atoms with Gasteiger partial charge in [0.1, 0.15) is 5.75 Å². The van der Waals surface area contributed by atoms with Crippen molar-refractivity contribution in [3.05, 3.63) is 54.1 Å². The molecular formula is C18H20N2O. The molecule has 1 aliphatic heterocycles. The minimum Gasteiger partial charge on any atom is -0.496 e. The van der Waals surface area contributed by atoms with Crippen LogP contribution in [0, 0.1) is 0 Å². The second kappa shape index (κ2) is 6.44. The van der Waals surface area contributed by atoms with E-state index in [9.17, 15) is 0 Å². The maximum absolute atomic E-state index is 5.49. The molecule has 0 spiro atoms. The molecule has 0 amide bonds. The number of amidine groups is 1. The molecule has 108 valence electrons. The predicted octanol–water partition coefficient (Wildman–Crippen LogP) is 3.64. The van der Waals surface area contributed by atoms with E-state index in [1.165, 1.54) is 11.1 Å². The van der Waals surface area contributed by atoms with Crippen LogP contribution in [0.2, 0.25) is 0 Å².